The molecule has 0 bridgehead atoms. The Morgan fingerprint density at radius 3 is 1.29 bits per heavy atom. The van der Waals surface area contributed by atoms with Crippen molar-refractivity contribution in [1.29, 1.82) is 0 Å². The Morgan fingerprint density at radius 1 is 0.521 bits per heavy atom. The standard InChI is InChI=1S/C47H56Si/c1-31-29-35-15-13-19-40(33-21-25-37(26-22-33)46(3,4)5)42(35)44(31)48(9,39-17-11-10-12-18-39)45-32(2)30-36-16-14-20-41(43(36)45)34-23-27-38(28-24-34)47(6,7)8/h13-16,19-28,39H,10-12,17-18,29-30H2,1-9H3. The average molecular weight is 649 g/mol. The van der Waals surface area contributed by atoms with Crippen molar-refractivity contribution in [2.24, 2.45) is 0 Å². The monoisotopic (exact) mass is 648 g/mol. The van der Waals surface area contributed by atoms with E-state index in [1.807, 2.05) is 0 Å². The number of fused-ring (bicyclic) bond motifs is 2. The normalized spacial score (nSPS) is 17.3. The molecule has 3 aliphatic carbocycles. The maximum Gasteiger partial charge on any atom is 0.119 e. The first-order chi connectivity index (χ1) is 22.8. The molecule has 0 aromatic heterocycles. The Labute approximate surface area is 292 Å². The van der Waals surface area contributed by atoms with Gasteiger partial charge in [-0.05, 0) is 109 Å². The van der Waals surface area contributed by atoms with Crippen molar-refractivity contribution in [3.05, 3.63) is 129 Å². The highest BCUT2D eigenvalue weighted by atomic mass is 28.3. The Balaban J connectivity index is 1.43. The molecule has 0 nitrogen and oxygen atoms in total. The van der Waals surface area contributed by atoms with Crippen LogP contribution in [0.2, 0.25) is 12.1 Å². The summed E-state index contributed by atoms with van der Waals surface area (Å²) in [6, 6.07) is 33.4. The lowest BCUT2D eigenvalue weighted by Crippen LogP contribution is -2.42. The molecule has 0 spiro atoms. The Bertz CT molecular complexity index is 1780. The van der Waals surface area contributed by atoms with Crippen molar-refractivity contribution in [3.63, 3.8) is 0 Å². The first-order valence-electron chi connectivity index (χ1n) is 18.7. The fourth-order valence-electron chi connectivity index (χ4n) is 9.66. The lowest BCUT2D eigenvalue weighted by Gasteiger charge is -2.43. The molecule has 4 aromatic rings. The topological polar surface area (TPSA) is 0 Å². The van der Waals surface area contributed by atoms with Gasteiger partial charge < -0.3 is 0 Å². The predicted molar refractivity (Wildman–Crippen MR) is 212 cm³/mol. The molecule has 1 saturated carbocycles. The average Bonchev–Trinajstić information content (AvgIpc) is 3.60. The summed E-state index contributed by atoms with van der Waals surface area (Å²) >= 11 is 0. The molecular formula is C47H56Si. The van der Waals surface area contributed by atoms with Crippen LogP contribution in [-0.2, 0) is 23.7 Å². The summed E-state index contributed by atoms with van der Waals surface area (Å²) in [4.78, 5) is 0. The summed E-state index contributed by atoms with van der Waals surface area (Å²) in [5.41, 5.74) is 19.0. The number of hydrogen-bond donors (Lipinski definition) is 0. The van der Waals surface area contributed by atoms with E-state index in [4.69, 9.17) is 0 Å². The molecule has 0 aliphatic heterocycles. The van der Waals surface area contributed by atoms with Gasteiger partial charge in [-0.15, -0.1) is 0 Å². The highest BCUT2D eigenvalue weighted by molar-refractivity contribution is 7.10. The second-order valence-corrected chi connectivity index (χ2v) is 21.8. The van der Waals surface area contributed by atoms with Gasteiger partial charge in [0.1, 0.15) is 8.07 Å². The predicted octanol–water partition coefficient (Wildman–Crippen LogP) is 13.5. The van der Waals surface area contributed by atoms with E-state index in [0.717, 1.165) is 18.4 Å². The van der Waals surface area contributed by atoms with Crippen LogP contribution in [0.3, 0.4) is 0 Å². The Kier molecular flexibility index (Phi) is 8.39. The second kappa shape index (κ2) is 12.2. The molecule has 1 fully saturated rings. The number of benzene rings is 4. The van der Waals surface area contributed by atoms with E-state index >= 15 is 0 Å². The second-order valence-electron chi connectivity index (χ2n) is 17.5. The first-order valence-corrected chi connectivity index (χ1v) is 21.2. The van der Waals surface area contributed by atoms with Crippen molar-refractivity contribution < 1.29 is 0 Å². The van der Waals surface area contributed by atoms with Crippen LogP contribution in [-0.4, -0.2) is 8.07 Å². The van der Waals surface area contributed by atoms with Crippen LogP contribution in [0, 0.1) is 0 Å². The molecule has 3 aliphatic rings. The minimum absolute atomic E-state index is 0.149. The fourth-order valence-corrected chi connectivity index (χ4v) is 15.9. The molecule has 0 heterocycles. The summed E-state index contributed by atoms with van der Waals surface area (Å²) in [7, 11) is -2.26. The summed E-state index contributed by atoms with van der Waals surface area (Å²) in [6.45, 7) is 21.7. The zero-order valence-electron chi connectivity index (χ0n) is 31.1. The third-order valence-electron chi connectivity index (χ3n) is 12.2. The third kappa shape index (κ3) is 5.61. The Hall–Kier alpha value is -3.42. The molecule has 0 N–H and O–H groups in total. The van der Waals surface area contributed by atoms with Crippen LogP contribution in [0.5, 0.6) is 0 Å². The van der Waals surface area contributed by atoms with E-state index in [2.05, 4.69) is 147 Å². The maximum absolute atomic E-state index is 2.81. The number of hydrogen-bond acceptors (Lipinski definition) is 0. The van der Waals surface area contributed by atoms with E-state index in [-0.39, 0.29) is 10.8 Å². The van der Waals surface area contributed by atoms with Crippen LogP contribution >= 0.6 is 0 Å². The van der Waals surface area contributed by atoms with Crippen LogP contribution in [0.4, 0.5) is 0 Å². The maximum atomic E-state index is 2.81. The molecule has 1 heteroatoms. The van der Waals surface area contributed by atoms with Crippen LogP contribution in [0.25, 0.3) is 32.6 Å². The molecule has 48 heavy (non-hydrogen) atoms. The van der Waals surface area contributed by atoms with Gasteiger partial charge in [0.25, 0.3) is 0 Å². The highest BCUT2D eigenvalue weighted by Gasteiger charge is 2.50. The molecule has 0 unspecified atom stereocenters. The van der Waals surface area contributed by atoms with E-state index in [1.165, 1.54) is 76.6 Å². The minimum Gasteiger partial charge on any atom is -0.0686 e. The molecule has 0 amide bonds. The molecule has 0 atom stereocenters. The molecular weight excluding hydrogens is 593 g/mol. The molecule has 248 valence electrons. The van der Waals surface area contributed by atoms with Crippen molar-refractivity contribution >= 4 is 18.5 Å². The smallest absolute Gasteiger partial charge is 0.0686 e. The van der Waals surface area contributed by atoms with Gasteiger partial charge in [0.15, 0.2) is 0 Å². The van der Waals surface area contributed by atoms with Crippen LogP contribution in [0.1, 0.15) is 121 Å². The fraction of sp³-hybridized carbons (Fsp3) is 0.404. The summed E-state index contributed by atoms with van der Waals surface area (Å²) in [5.74, 6) is 0. The van der Waals surface area contributed by atoms with Crippen molar-refractivity contribution in [1.82, 2.24) is 0 Å². The van der Waals surface area contributed by atoms with Crippen LogP contribution in [0.15, 0.2) is 96.1 Å². The molecule has 0 radical (unpaired) electrons. The molecule has 4 aromatic carbocycles. The SMILES string of the molecule is CC1=C([Si](C)(C2=C(C)Cc3cccc(-c4ccc(C(C)(C)C)cc4)c32)C2CCCCC2)c2c(cccc2-c2ccc(C(C)(C)C)cc2)C1. The zero-order valence-corrected chi connectivity index (χ0v) is 32.1. The van der Waals surface area contributed by atoms with Gasteiger partial charge in [-0.2, -0.15) is 0 Å². The number of allylic oxidation sites excluding steroid dienone is 2. The molecule has 7 rings (SSSR count). The lowest BCUT2D eigenvalue weighted by atomic mass is 9.86. The third-order valence-corrected chi connectivity index (χ3v) is 17.8. The Morgan fingerprint density at radius 2 is 0.917 bits per heavy atom. The summed E-state index contributed by atoms with van der Waals surface area (Å²) < 4.78 is 0. The van der Waals surface area contributed by atoms with Gasteiger partial charge in [0.2, 0.25) is 0 Å². The lowest BCUT2D eigenvalue weighted by molar-refractivity contribution is 0.496. The largest absolute Gasteiger partial charge is 0.119 e. The van der Waals surface area contributed by atoms with Crippen molar-refractivity contribution in [3.8, 4) is 22.3 Å². The quantitative estimate of drug-likeness (QED) is 0.189. The summed E-state index contributed by atoms with van der Waals surface area (Å²) in [6.07, 6.45) is 9.04. The van der Waals surface area contributed by atoms with E-state index in [0.29, 0.717) is 0 Å². The first kappa shape index (κ1) is 33.1. The van der Waals surface area contributed by atoms with Gasteiger partial charge in [-0.25, -0.2) is 0 Å². The van der Waals surface area contributed by atoms with E-state index in [1.54, 1.807) is 32.7 Å². The summed E-state index contributed by atoms with van der Waals surface area (Å²) in [5, 5.41) is 3.53. The van der Waals surface area contributed by atoms with Gasteiger partial charge in [0, 0.05) is 0 Å². The number of rotatable bonds is 5. The van der Waals surface area contributed by atoms with Gasteiger partial charge in [0.05, 0.1) is 0 Å². The van der Waals surface area contributed by atoms with Gasteiger partial charge >= 0.3 is 0 Å². The van der Waals surface area contributed by atoms with E-state index in [9.17, 15) is 0 Å². The highest BCUT2D eigenvalue weighted by Crippen LogP contribution is 2.58. The van der Waals surface area contributed by atoms with E-state index < -0.39 is 8.07 Å². The van der Waals surface area contributed by atoms with Gasteiger partial charge in [-0.3, -0.25) is 0 Å². The van der Waals surface area contributed by atoms with Crippen LogP contribution < -0.4 is 0 Å². The van der Waals surface area contributed by atoms with Crippen molar-refractivity contribution in [2.45, 2.75) is 123 Å². The van der Waals surface area contributed by atoms with Gasteiger partial charge in [-0.1, -0.05) is 176 Å². The van der Waals surface area contributed by atoms with Crippen molar-refractivity contribution in [2.75, 3.05) is 0 Å². The molecule has 0 saturated heterocycles. The minimum atomic E-state index is -2.26. The zero-order chi connectivity index (χ0) is 34.0.